The van der Waals surface area contributed by atoms with Gasteiger partial charge < -0.3 is 15.0 Å². The van der Waals surface area contributed by atoms with Crippen molar-refractivity contribution in [2.24, 2.45) is 0 Å². The summed E-state index contributed by atoms with van der Waals surface area (Å²) >= 11 is 0. The van der Waals surface area contributed by atoms with E-state index >= 15 is 0 Å². The van der Waals surface area contributed by atoms with Crippen LogP contribution >= 0.6 is 0 Å². The van der Waals surface area contributed by atoms with Crippen LogP contribution in [-0.2, 0) is 4.74 Å². The van der Waals surface area contributed by atoms with Crippen LogP contribution in [0.15, 0.2) is 6.20 Å². The SMILES string of the molecule is COCCCCN(C)C(=O)c1cnn2c1N[C@@H](C)C[C@H]2C(F)F. The maximum Gasteiger partial charge on any atom is 0.260 e. The summed E-state index contributed by atoms with van der Waals surface area (Å²) in [7, 11) is 3.34. The first-order valence-corrected chi connectivity index (χ1v) is 7.82. The van der Waals surface area contributed by atoms with Crippen LogP contribution in [0.1, 0.15) is 42.6 Å². The van der Waals surface area contributed by atoms with Crippen molar-refractivity contribution in [2.75, 3.05) is 32.6 Å². The monoisotopic (exact) mass is 330 g/mol. The Kier molecular flexibility index (Phi) is 5.92. The van der Waals surface area contributed by atoms with E-state index in [1.165, 1.54) is 10.9 Å². The average Bonchev–Trinajstić information content (AvgIpc) is 2.93. The van der Waals surface area contributed by atoms with Crippen molar-refractivity contribution < 1.29 is 18.3 Å². The maximum absolute atomic E-state index is 13.2. The van der Waals surface area contributed by atoms with Crippen LogP contribution in [0.3, 0.4) is 0 Å². The number of alkyl halides is 2. The first kappa shape index (κ1) is 17.7. The van der Waals surface area contributed by atoms with Gasteiger partial charge in [0.2, 0.25) is 0 Å². The average molecular weight is 330 g/mol. The molecule has 1 aromatic heterocycles. The highest BCUT2D eigenvalue weighted by molar-refractivity contribution is 5.98. The molecule has 1 N–H and O–H groups in total. The number of methoxy groups -OCH3 is 1. The van der Waals surface area contributed by atoms with E-state index in [9.17, 15) is 13.6 Å². The summed E-state index contributed by atoms with van der Waals surface area (Å²) in [4.78, 5) is 14.1. The van der Waals surface area contributed by atoms with E-state index in [4.69, 9.17) is 4.74 Å². The molecular weight excluding hydrogens is 306 g/mol. The van der Waals surface area contributed by atoms with Gasteiger partial charge in [-0.1, -0.05) is 0 Å². The zero-order valence-corrected chi connectivity index (χ0v) is 13.8. The molecule has 0 saturated heterocycles. The van der Waals surface area contributed by atoms with E-state index in [1.54, 1.807) is 19.1 Å². The predicted octanol–water partition coefficient (Wildman–Crippen LogP) is 2.39. The van der Waals surface area contributed by atoms with Crippen molar-refractivity contribution in [1.82, 2.24) is 14.7 Å². The third-order valence-electron chi connectivity index (χ3n) is 4.05. The summed E-state index contributed by atoms with van der Waals surface area (Å²) < 4.78 is 32.6. The number of carbonyl (C=O) groups is 1. The zero-order chi connectivity index (χ0) is 17.0. The van der Waals surface area contributed by atoms with Crippen molar-refractivity contribution in [2.45, 2.75) is 44.7 Å². The van der Waals surface area contributed by atoms with E-state index in [1.807, 2.05) is 6.92 Å². The molecule has 0 saturated carbocycles. The summed E-state index contributed by atoms with van der Waals surface area (Å²) in [5, 5.41) is 7.12. The molecule has 1 aliphatic heterocycles. The minimum absolute atomic E-state index is 0.128. The lowest BCUT2D eigenvalue weighted by Gasteiger charge is -2.30. The Morgan fingerprint density at radius 2 is 2.30 bits per heavy atom. The summed E-state index contributed by atoms with van der Waals surface area (Å²) in [6.45, 7) is 3.07. The van der Waals surface area contributed by atoms with Crippen LogP contribution in [0, 0.1) is 0 Å². The number of ether oxygens (including phenoxy) is 1. The van der Waals surface area contributed by atoms with Gasteiger partial charge in [-0.25, -0.2) is 13.5 Å². The van der Waals surface area contributed by atoms with Crippen molar-refractivity contribution in [1.29, 1.82) is 0 Å². The second kappa shape index (κ2) is 7.72. The van der Waals surface area contributed by atoms with Crippen LogP contribution in [0.5, 0.6) is 0 Å². The van der Waals surface area contributed by atoms with Gasteiger partial charge in [-0.05, 0) is 26.2 Å². The minimum Gasteiger partial charge on any atom is -0.385 e. The van der Waals surface area contributed by atoms with Crippen LogP contribution in [0.25, 0.3) is 0 Å². The van der Waals surface area contributed by atoms with E-state index in [0.717, 1.165) is 12.8 Å². The Morgan fingerprint density at radius 3 is 2.96 bits per heavy atom. The number of nitrogens with one attached hydrogen (secondary N) is 1. The van der Waals surface area contributed by atoms with Gasteiger partial charge in [0.05, 0.1) is 6.20 Å². The Bertz CT molecular complexity index is 536. The maximum atomic E-state index is 13.2. The van der Waals surface area contributed by atoms with E-state index in [0.29, 0.717) is 24.5 Å². The largest absolute Gasteiger partial charge is 0.385 e. The van der Waals surface area contributed by atoms with Crippen LogP contribution < -0.4 is 5.32 Å². The molecule has 0 aromatic carbocycles. The van der Waals surface area contributed by atoms with Crippen LogP contribution in [-0.4, -0.2) is 60.4 Å². The molecule has 0 fully saturated rings. The molecule has 2 atom stereocenters. The van der Waals surface area contributed by atoms with Crippen molar-refractivity contribution in [3.63, 3.8) is 0 Å². The van der Waals surface area contributed by atoms with E-state index in [2.05, 4.69) is 10.4 Å². The quantitative estimate of drug-likeness (QED) is 0.780. The number of unbranched alkanes of at least 4 members (excludes halogenated alkanes) is 1. The second-order valence-corrected chi connectivity index (χ2v) is 5.96. The van der Waals surface area contributed by atoms with E-state index in [-0.39, 0.29) is 18.4 Å². The summed E-state index contributed by atoms with van der Waals surface area (Å²) in [6, 6.07) is -1.12. The fourth-order valence-electron chi connectivity index (χ4n) is 2.78. The Labute approximate surface area is 134 Å². The van der Waals surface area contributed by atoms with Gasteiger partial charge in [-0.3, -0.25) is 4.79 Å². The number of aromatic nitrogens is 2. The van der Waals surface area contributed by atoms with Crippen molar-refractivity contribution >= 4 is 11.7 Å². The molecule has 130 valence electrons. The number of hydrogen-bond donors (Lipinski definition) is 1. The number of halogens is 2. The second-order valence-electron chi connectivity index (χ2n) is 5.96. The highest BCUT2D eigenvalue weighted by Crippen LogP contribution is 2.33. The standard InChI is InChI=1S/C15H24F2N4O2/c1-10-8-12(13(16)17)21-14(19-10)11(9-18-21)15(22)20(2)6-4-5-7-23-3/h9-10,12-13,19H,4-8H2,1-3H3/t10-,12-/m0/s1. The van der Waals surface area contributed by atoms with E-state index < -0.39 is 12.5 Å². The van der Waals surface area contributed by atoms with Crippen LogP contribution in [0.2, 0.25) is 0 Å². The number of anilines is 1. The van der Waals surface area contributed by atoms with Crippen molar-refractivity contribution in [3.05, 3.63) is 11.8 Å². The molecule has 2 heterocycles. The minimum atomic E-state index is -2.51. The molecule has 6 nitrogen and oxygen atoms in total. The molecule has 1 aromatic rings. The van der Waals surface area contributed by atoms with Gasteiger partial charge in [-0.15, -0.1) is 0 Å². The third kappa shape index (κ3) is 3.99. The normalized spacial score (nSPS) is 20.3. The topological polar surface area (TPSA) is 59.4 Å². The third-order valence-corrected chi connectivity index (χ3v) is 4.05. The Morgan fingerprint density at radius 1 is 1.57 bits per heavy atom. The number of rotatable bonds is 7. The summed E-state index contributed by atoms with van der Waals surface area (Å²) in [6.07, 6.45) is 0.843. The summed E-state index contributed by atoms with van der Waals surface area (Å²) in [5.41, 5.74) is 0.344. The number of hydrogen-bond acceptors (Lipinski definition) is 4. The first-order valence-electron chi connectivity index (χ1n) is 7.82. The number of nitrogens with zero attached hydrogens (tertiary/aromatic N) is 3. The molecule has 0 radical (unpaired) electrons. The fourth-order valence-corrected chi connectivity index (χ4v) is 2.78. The number of carbonyl (C=O) groups excluding carboxylic acids is 1. The smallest absolute Gasteiger partial charge is 0.260 e. The molecular formula is C15H24F2N4O2. The highest BCUT2D eigenvalue weighted by atomic mass is 19.3. The molecule has 0 spiro atoms. The molecule has 1 amide bonds. The first-order chi connectivity index (χ1) is 11.0. The molecule has 0 bridgehead atoms. The summed E-state index contributed by atoms with van der Waals surface area (Å²) in [5.74, 6) is 0.182. The Balaban J connectivity index is 2.10. The lowest BCUT2D eigenvalue weighted by Crippen LogP contribution is -2.35. The molecule has 2 rings (SSSR count). The molecule has 8 heteroatoms. The number of amides is 1. The van der Waals surface area contributed by atoms with Gasteiger partial charge >= 0.3 is 0 Å². The molecule has 1 aliphatic rings. The lowest BCUT2D eigenvalue weighted by atomic mass is 10.1. The Hall–Kier alpha value is -1.70. The van der Waals surface area contributed by atoms with Gasteiger partial charge in [0, 0.05) is 33.4 Å². The van der Waals surface area contributed by atoms with Gasteiger partial charge in [0.25, 0.3) is 12.3 Å². The molecule has 0 aliphatic carbocycles. The van der Waals surface area contributed by atoms with Crippen molar-refractivity contribution in [3.8, 4) is 0 Å². The van der Waals surface area contributed by atoms with Gasteiger partial charge in [0.15, 0.2) is 0 Å². The fraction of sp³-hybridized carbons (Fsp3) is 0.733. The van der Waals surface area contributed by atoms with Crippen LogP contribution in [0.4, 0.5) is 14.6 Å². The zero-order valence-electron chi connectivity index (χ0n) is 13.8. The predicted molar refractivity (Wildman–Crippen MR) is 83.0 cm³/mol. The molecule has 23 heavy (non-hydrogen) atoms. The highest BCUT2D eigenvalue weighted by Gasteiger charge is 2.34. The lowest BCUT2D eigenvalue weighted by molar-refractivity contribution is 0.0664. The van der Waals surface area contributed by atoms with Gasteiger partial charge in [-0.2, -0.15) is 5.10 Å². The number of fused-ring (bicyclic) bond motifs is 1. The van der Waals surface area contributed by atoms with Gasteiger partial charge in [0.1, 0.15) is 17.4 Å². The molecule has 0 unspecified atom stereocenters.